The minimum Gasteiger partial charge on any atom is -0.497 e. The summed E-state index contributed by atoms with van der Waals surface area (Å²) in [5.74, 6) is 0.814. The Bertz CT molecular complexity index is 900. The molecule has 0 aliphatic rings. The van der Waals surface area contributed by atoms with Crippen molar-refractivity contribution >= 4 is 29.1 Å². The molecule has 0 unspecified atom stereocenters. The summed E-state index contributed by atoms with van der Waals surface area (Å²) in [4.78, 5) is 20.7. The van der Waals surface area contributed by atoms with E-state index in [0.717, 1.165) is 17.0 Å². The zero-order valence-electron chi connectivity index (χ0n) is 14.1. The van der Waals surface area contributed by atoms with Crippen molar-refractivity contribution in [1.29, 1.82) is 0 Å². The quantitative estimate of drug-likeness (QED) is 0.691. The molecule has 0 atom stereocenters. The third kappa shape index (κ3) is 4.70. The second kappa shape index (κ2) is 8.31. The van der Waals surface area contributed by atoms with Crippen molar-refractivity contribution in [2.75, 3.05) is 12.4 Å². The number of methoxy groups -OCH3 is 1. The van der Waals surface area contributed by atoms with E-state index in [9.17, 15) is 4.79 Å². The van der Waals surface area contributed by atoms with Crippen LogP contribution in [-0.4, -0.2) is 23.0 Å². The van der Waals surface area contributed by atoms with Crippen LogP contribution in [0.25, 0.3) is 0 Å². The van der Waals surface area contributed by atoms with E-state index in [1.165, 1.54) is 6.20 Å². The summed E-state index contributed by atoms with van der Waals surface area (Å²) < 4.78 is 5.11. The number of nitrogens with one attached hydrogen (secondary N) is 2. The number of benzene rings is 2. The molecule has 2 N–H and O–H groups in total. The van der Waals surface area contributed by atoms with Crippen molar-refractivity contribution in [3.8, 4) is 5.75 Å². The van der Waals surface area contributed by atoms with Gasteiger partial charge in [0, 0.05) is 23.5 Å². The minimum atomic E-state index is -0.280. The van der Waals surface area contributed by atoms with Crippen LogP contribution in [0.15, 0.2) is 60.8 Å². The number of amides is 1. The molecule has 0 saturated heterocycles. The van der Waals surface area contributed by atoms with Crippen LogP contribution in [0.2, 0.25) is 5.02 Å². The van der Waals surface area contributed by atoms with Gasteiger partial charge < -0.3 is 15.4 Å². The minimum absolute atomic E-state index is 0.276. The van der Waals surface area contributed by atoms with Crippen LogP contribution in [0.5, 0.6) is 5.75 Å². The zero-order valence-corrected chi connectivity index (χ0v) is 14.8. The lowest BCUT2D eigenvalue weighted by atomic mass is 10.2. The number of halogens is 1. The highest BCUT2D eigenvalue weighted by molar-refractivity contribution is 6.30. The van der Waals surface area contributed by atoms with Gasteiger partial charge in [-0.3, -0.25) is 4.79 Å². The number of aromatic nitrogens is 2. The topological polar surface area (TPSA) is 76.1 Å². The molecule has 0 spiro atoms. The highest BCUT2D eigenvalue weighted by Crippen LogP contribution is 2.18. The molecule has 1 amide bonds. The lowest BCUT2D eigenvalue weighted by Crippen LogP contribution is -2.24. The number of carbonyl (C=O) groups is 1. The molecule has 6 nitrogen and oxygen atoms in total. The molecular weight excluding hydrogens is 352 g/mol. The molecule has 0 aliphatic carbocycles. The van der Waals surface area contributed by atoms with Crippen molar-refractivity contribution in [2.24, 2.45) is 0 Å². The Labute approximate surface area is 156 Å². The van der Waals surface area contributed by atoms with Gasteiger partial charge in [0.1, 0.15) is 11.4 Å². The number of hydrogen-bond donors (Lipinski definition) is 2. The Balaban J connectivity index is 1.63. The van der Waals surface area contributed by atoms with Gasteiger partial charge in [-0.1, -0.05) is 29.8 Å². The molecule has 132 valence electrons. The number of nitrogens with zero attached hydrogens (tertiary/aromatic N) is 2. The monoisotopic (exact) mass is 368 g/mol. The maximum atomic E-state index is 12.3. The molecular formula is C19H17ClN4O2. The number of carbonyl (C=O) groups excluding carboxylic acids is 1. The smallest absolute Gasteiger partial charge is 0.270 e. The fourth-order valence-electron chi connectivity index (χ4n) is 2.26. The molecule has 0 bridgehead atoms. The van der Waals surface area contributed by atoms with Gasteiger partial charge in [-0.05, 0) is 42.0 Å². The number of rotatable bonds is 6. The van der Waals surface area contributed by atoms with E-state index in [1.807, 2.05) is 36.4 Å². The van der Waals surface area contributed by atoms with Crippen LogP contribution in [0.4, 0.5) is 11.6 Å². The normalized spacial score (nSPS) is 10.2. The van der Waals surface area contributed by atoms with Crippen molar-refractivity contribution < 1.29 is 9.53 Å². The lowest BCUT2D eigenvalue weighted by Gasteiger charge is -2.08. The Morgan fingerprint density at radius 1 is 1.15 bits per heavy atom. The number of anilines is 2. The SMILES string of the molecule is COc1ccc(CNC(=O)c2ccnc(Nc3cccc(Cl)c3)n2)cc1. The lowest BCUT2D eigenvalue weighted by molar-refractivity contribution is 0.0946. The maximum Gasteiger partial charge on any atom is 0.270 e. The Morgan fingerprint density at radius 2 is 1.96 bits per heavy atom. The van der Waals surface area contributed by atoms with Crippen LogP contribution in [0, 0.1) is 0 Å². The van der Waals surface area contributed by atoms with Gasteiger partial charge in [0.2, 0.25) is 5.95 Å². The fraction of sp³-hybridized carbons (Fsp3) is 0.105. The Morgan fingerprint density at radius 3 is 2.69 bits per heavy atom. The molecule has 1 aromatic heterocycles. The number of ether oxygens (including phenoxy) is 1. The summed E-state index contributed by atoms with van der Waals surface area (Å²) in [6, 6.07) is 16.2. The van der Waals surface area contributed by atoms with Gasteiger partial charge in [0.25, 0.3) is 5.91 Å². The van der Waals surface area contributed by atoms with E-state index < -0.39 is 0 Å². The van der Waals surface area contributed by atoms with Crippen LogP contribution in [0.1, 0.15) is 16.1 Å². The zero-order chi connectivity index (χ0) is 18.4. The first kappa shape index (κ1) is 17.7. The van der Waals surface area contributed by atoms with Crippen molar-refractivity contribution in [3.05, 3.63) is 77.1 Å². The Hall–Kier alpha value is -3.12. The van der Waals surface area contributed by atoms with E-state index in [2.05, 4.69) is 20.6 Å². The molecule has 26 heavy (non-hydrogen) atoms. The van der Waals surface area contributed by atoms with E-state index >= 15 is 0 Å². The average molecular weight is 369 g/mol. The average Bonchev–Trinajstić information content (AvgIpc) is 2.67. The van der Waals surface area contributed by atoms with Gasteiger partial charge >= 0.3 is 0 Å². The second-order valence-corrected chi connectivity index (χ2v) is 5.87. The van der Waals surface area contributed by atoms with Gasteiger partial charge in [-0.2, -0.15) is 0 Å². The van der Waals surface area contributed by atoms with Gasteiger partial charge in [0.05, 0.1) is 7.11 Å². The fourth-order valence-corrected chi connectivity index (χ4v) is 2.45. The molecule has 0 fully saturated rings. The van der Waals surface area contributed by atoms with Gasteiger partial charge in [0.15, 0.2) is 0 Å². The molecule has 2 aromatic carbocycles. The highest BCUT2D eigenvalue weighted by Gasteiger charge is 2.09. The summed E-state index contributed by atoms with van der Waals surface area (Å²) in [5, 5.41) is 6.46. The molecule has 3 rings (SSSR count). The van der Waals surface area contributed by atoms with Crippen molar-refractivity contribution in [2.45, 2.75) is 6.54 Å². The largest absolute Gasteiger partial charge is 0.497 e. The first-order chi connectivity index (χ1) is 12.6. The first-order valence-electron chi connectivity index (χ1n) is 7.91. The predicted molar refractivity (Wildman–Crippen MR) is 101 cm³/mol. The highest BCUT2D eigenvalue weighted by atomic mass is 35.5. The Kier molecular flexibility index (Phi) is 5.66. The molecule has 0 saturated carbocycles. The standard InChI is InChI=1S/C19H17ClN4O2/c1-26-16-7-5-13(6-8-16)12-22-18(25)17-9-10-21-19(24-17)23-15-4-2-3-14(20)11-15/h2-11H,12H2,1H3,(H,22,25)(H,21,23,24). The number of hydrogen-bond acceptors (Lipinski definition) is 5. The van der Waals surface area contributed by atoms with E-state index in [0.29, 0.717) is 17.5 Å². The summed E-state index contributed by atoms with van der Waals surface area (Å²) in [6.07, 6.45) is 1.53. The summed E-state index contributed by atoms with van der Waals surface area (Å²) >= 11 is 5.96. The summed E-state index contributed by atoms with van der Waals surface area (Å²) in [5.41, 5.74) is 1.98. The van der Waals surface area contributed by atoms with E-state index in [4.69, 9.17) is 16.3 Å². The van der Waals surface area contributed by atoms with Gasteiger partial charge in [-0.15, -0.1) is 0 Å². The second-order valence-electron chi connectivity index (χ2n) is 5.43. The third-order valence-corrected chi connectivity index (χ3v) is 3.82. The van der Waals surface area contributed by atoms with Crippen molar-refractivity contribution in [3.63, 3.8) is 0 Å². The van der Waals surface area contributed by atoms with Crippen molar-refractivity contribution in [1.82, 2.24) is 15.3 Å². The molecule has 1 heterocycles. The van der Waals surface area contributed by atoms with Crippen LogP contribution < -0.4 is 15.4 Å². The van der Waals surface area contributed by atoms with Crippen LogP contribution in [-0.2, 0) is 6.54 Å². The molecule has 3 aromatic rings. The maximum absolute atomic E-state index is 12.3. The molecule has 7 heteroatoms. The van der Waals surface area contributed by atoms with Crippen LogP contribution >= 0.6 is 11.6 Å². The molecule has 0 aliphatic heterocycles. The van der Waals surface area contributed by atoms with E-state index in [-0.39, 0.29) is 11.6 Å². The van der Waals surface area contributed by atoms with Crippen LogP contribution in [0.3, 0.4) is 0 Å². The predicted octanol–water partition coefficient (Wildman–Crippen LogP) is 3.81. The third-order valence-electron chi connectivity index (χ3n) is 3.58. The van der Waals surface area contributed by atoms with Gasteiger partial charge in [-0.25, -0.2) is 9.97 Å². The van der Waals surface area contributed by atoms with E-state index in [1.54, 1.807) is 25.3 Å². The summed E-state index contributed by atoms with van der Waals surface area (Å²) in [6.45, 7) is 0.393. The first-order valence-corrected chi connectivity index (χ1v) is 8.28. The summed E-state index contributed by atoms with van der Waals surface area (Å²) in [7, 11) is 1.61. The molecule has 0 radical (unpaired) electrons.